The number of aromatic nitrogens is 2. The SMILES string of the molecule is CC1(c2ccc(Cl)cc2Cl)OC1c1ncc[nH]1.O=[N+]([O-])O. The van der Waals surface area contributed by atoms with Crippen LogP contribution in [0, 0.1) is 10.1 Å². The summed E-state index contributed by atoms with van der Waals surface area (Å²) < 4.78 is 5.73. The van der Waals surface area contributed by atoms with Crippen LogP contribution in [-0.4, -0.2) is 20.3 Å². The van der Waals surface area contributed by atoms with Gasteiger partial charge in [0.05, 0.1) is 0 Å². The topological polar surface area (TPSA) is 105 Å². The highest BCUT2D eigenvalue weighted by atomic mass is 35.5. The van der Waals surface area contributed by atoms with Crippen LogP contribution in [0.4, 0.5) is 0 Å². The molecule has 2 N–H and O–H groups in total. The van der Waals surface area contributed by atoms with Crippen molar-refractivity contribution in [3.8, 4) is 0 Å². The number of nitrogens with one attached hydrogen (secondary N) is 1. The van der Waals surface area contributed by atoms with Crippen LogP contribution < -0.4 is 0 Å². The quantitative estimate of drug-likeness (QED) is 0.498. The second kappa shape index (κ2) is 5.88. The van der Waals surface area contributed by atoms with Crippen molar-refractivity contribution in [1.29, 1.82) is 0 Å². The van der Waals surface area contributed by atoms with Crippen LogP contribution in [0.25, 0.3) is 0 Å². The molecule has 21 heavy (non-hydrogen) atoms. The van der Waals surface area contributed by atoms with Gasteiger partial charge in [-0.3, -0.25) is 0 Å². The largest absolute Gasteiger partial charge is 0.353 e. The minimum atomic E-state index is -1.50. The molecule has 0 spiro atoms. The Kier molecular flexibility index (Phi) is 4.36. The lowest BCUT2D eigenvalue weighted by atomic mass is 9.97. The highest BCUT2D eigenvalue weighted by molar-refractivity contribution is 6.35. The number of hydrogen-bond acceptors (Lipinski definition) is 4. The molecule has 0 bridgehead atoms. The van der Waals surface area contributed by atoms with Gasteiger partial charge in [-0.2, -0.15) is 0 Å². The summed E-state index contributed by atoms with van der Waals surface area (Å²) in [5, 5.41) is 14.9. The van der Waals surface area contributed by atoms with Gasteiger partial charge in [0, 0.05) is 28.0 Å². The number of epoxide rings is 1. The van der Waals surface area contributed by atoms with Crippen molar-refractivity contribution in [1.82, 2.24) is 9.97 Å². The van der Waals surface area contributed by atoms with Crippen LogP contribution in [-0.2, 0) is 10.3 Å². The van der Waals surface area contributed by atoms with Crippen molar-refractivity contribution >= 4 is 23.2 Å². The van der Waals surface area contributed by atoms with E-state index in [0.717, 1.165) is 11.4 Å². The Hall–Kier alpha value is -1.83. The van der Waals surface area contributed by atoms with Gasteiger partial charge in [0.2, 0.25) is 0 Å². The highest BCUT2D eigenvalue weighted by Crippen LogP contribution is 2.57. The molecule has 1 saturated heterocycles. The number of ether oxygens (including phenoxy) is 1. The van der Waals surface area contributed by atoms with Gasteiger partial charge in [0.25, 0.3) is 5.09 Å². The van der Waals surface area contributed by atoms with Gasteiger partial charge < -0.3 is 14.9 Å². The van der Waals surface area contributed by atoms with Crippen molar-refractivity contribution < 1.29 is 15.0 Å². The third-order valence-corrected chi connectivity index (χ3v) is 3.59. The van der Waals surface area contributed by atoms with E-state index in [4.69, 9.17) is 43.3 Å². The molecule has 112 valence electrons. The molecule has 2 unspecified atom stereocenters. The van der Waals surface area contributed by atoms with E-state index in [1.54, 1.807) is 18.5 Å². The Morgan fingerprint density at radius 3 is 2.71 bits per heavy atom. The maximum absolute atomic E-state index is 8.36. The Bertz CT molecular complexity index is 646. The van der Waals surface area contributed by atoms with Crippen molar-refractivity contribution in [3.63, 3.8) is 0 Å². The molecule has 1 aromatic carbocycles. The number of nitrogens with zero attached hydrogens (tertiary/aromatic N) is 2. The first-order valence-electron chi connectivity index (χ1n) is 5.80. The molecular formula is C12H11Cl2N3O4. The van der Waals surface area contributed by atoms with Crippen LogP contribution in [0.15, 0.2) is 30.6 Å². The summed E-state index contributed by atoms with van der Waals surface area (Å²) in [6.07, 6.45) is 3.41. The first kappa shape index (κ1) is 15.6. The first-order valence-corrected chi connectivity index (χ1v) is 6.56. The average molecular weight is 332 g/mol. The summed E-state index contributed by atoms with van der Waals surface area (Å²) in [6, 6.07) is 5.44. The molecule has 2 aromatic rings. The minimum absolute atomic E-state index is 0.0730. The van der Waals surface area contributed by atoms with Crippen molar-refractivity contribution in [2.75, 3.05) is 0 Å². The van der Waals surface area contributed by atoms with E-state index >= 15 is 0 Å². The van der Waals surface area contributed by atoms with Crippen LogP contribution in [0.3, 0.4) is 0 Å². The van der Waals surface area contributed by atoms with E-state index in [-0.39, 0.29) is 6.10 Å². The molecule has 2 atom stereocenters. The molecule has 0 aliphatic carbocycles. The molecule has 9 heteroatoms. The Balaban J connectivity index is 0.000000361. The number of rotatable bonds is 2. The van der Waals surface area contributed by atoms with Crippen LogP contribution >= 0.6 is 23.2 Å². The fraction of sp³-hybridized carbons (Fsp3) is 0.250. The van der Waals surface area contributed by atoms with Crippen molar-refractivity contribution in [3.05, 3.63) is 62.1 Å². The monoisotopic (exact) mass is 331 g/mol. The summed E-state index contributed by atoms with van der Waals surface area (Å²) in [6.45, 7) is 2.00. The van der Waals surface area contributed by atoms with E-state index in [0.29, 0.717) is 10.0 Å². The summed E-state index contributed by atoms with van der Waals surface area (Å²) in [4.78, 5) is 15.6. The van der Waals surface area contributed by atoms with Crippen LogP contribution in [0.2, 0.25) is 10.0 Å². The molecule has 0 radical (unpaired) electrons. The molecule has 2 heterocycles. The van der Waals surface area contributed by atoms with Gasteiger partial charge >= 0.3 is 0 Å². The predicted molar refractivity (Wildman–Crippen MR) is 75.0 cm³/mol. The third-order valence-electron chi connectivity index (χ3n) is 3.04. The summed E-state index contributed by atoms with van der Waals surface area (Å²) >= 11 is 12.1. The standard InChI is InChI=1S/C12H10Cl2N2O.HNO3/c1-12(8-3-2-7(13)6-9(8)14)10(17-12)11-15-4-5-16-11;2-1(3)4/h2-6,10H,1H3,(H,15,16);(H,2,3,4). The zero-order chi connectivity index (χ0) is 15.6. The van der Waals surface area contributed by atoms with Gasteiger partial charge in [-0.05, 0) is 19.1 Å². The van der Waals surface area contributed by atoms with E-state index in [9.17, 15) is 0 Å². The lowest BCUT2D eigenvalue weighted by Gasteiger charge is -2.09. The number of benzene rings is 1. The first-order chi connectivity index (χ1) is 9.84. The molecule has 1 aromatic heterocycles. The minimum Gasteiger partial charge on any atom is -0.353 e. The van der Waals surface area contributed by atoms with Gasteiger partial charge in [0.1, 0.15) is 17.5 Å². The zero-order valence-corrected chi connectivity index (χ0v) is 12.3. The normalized spacial score (nSPS) is 23.1. The molecule has 1 aliphatic rings. The summed E-state index contributed by atoms with van der Waals surface area (Å²) in [7, 11) is 0. The number of imidazole rings is 1. The molecule has 3 rings (SSSR count). The lowest BCUT2D eigenvalue weighted by molar-refractivity contribution is -0.742. The fourth-order valence-electron chi connectivity index (χ4n) is 2.05. The maximum Gasteiger partial charge on any atom is 0.291 e. The Morgan fingerprint density at radius 2 is 2.19 bits per heavy atom. The number of halogens is 2. The van der Waals surface area contributed by atoms with Gasteiger partial charge in [-0.15, -0.1) is 10.1 Å². The van der Waals surface area contributed by atoms with Crippen molar-refractivity contribution in [2.45, 2.75) is 18.6 Å². The third kappa shape index (κ3) is 3.44. The van der Waals surface area contributed by atoms with Crippen molar-refractivity contribution in [2.24, 2.45) is 0 Å². The Morgan fingerprint density at radius 1 is 1.52 bits per heavy atom. The second-order valence-electron chi connectivity index (χ2n) is 4.44. The molecular weight excluding hydrogens is 321 g/mol. The van der Waals surface area contributed by atoms with E-state index in [2.05, 4.69) is 9.97 Å². The van der Waals surface area contributed by atoms with Gasteiger partial charge in [0.15, 0.2) is 0 Å². The fourth-order valence-corrected chi connectivity index (χ4v) is 2.64. The number of aromatic amines is 1. The maximum atomic E-state index is 8.36. The molecule has 1 aliphatic heterocycles. The van der Waals surface area contributed by atoms with Gasteiger partial charge in [-0.25, -0.2) is 4.98 Å². The summed E-state index contributed by atoms with van der Waals surface area (Å²) in [5.74, 6) is 0.818. The lowest BCUT2D eigenvalue weighted by Crippen LogP contribution is -2.05. The van der Waals surface area contributed by atoms with Crippen LogP contribution in [0.5, 0.6) is 0 Å². The average Bonchev–Trinajstić information content (AvgIpc) is 2.84. The van der Waals surface area contributed by atoms with E-state index < -0.39 is 10.7 Å². The van der Waals surface area contributed by atoms with Crippen LogP contribution in [0.1, 0.15) is 24.4 Å². The predicted octanol–water partition coefficient (Wildman–Crippen LogP) is 3.36. The van der Waals surface area contributed by atoms with E-state index in [1.807, 2.05) is 19.1 Å². The zero-order valence-electron chi connectivity index (χ0n) is 10.8. The number of hydrogen-bond donors (Lipinski definition) is 2. The van der Waals surface area contributed by atoms with E-state index in [1.165, 1.54) is 0 Å². The number of H-pyrrole nitrogens is 1. The molecule has 7 nitrogen and oxygen atoms in total. The summed E-state index contributed by atoms with van der Waals surface area (Å²) in [5.41, 5.74) is 0.518. The molecule has 1 fully saturated rings. The molecule has 0 saturated carbocycles. The molecule has 0 amide bonds. The van der Waals surface area contributed by atoms with Gasteiger partial charge in [-0.1, -0.05) is 29.3 Å². The highest BCUT2D eigenvalue weighted by Gasteiger charge is 2.57. The smallest absolute Gasteiger partial charge is 0.291 e. The second-order valence-corrected chi connectivity index (χ2v) is 5.28. The Labute approximate surface area is 129 Å².